The smallest absolute Gasteiger partial charge is 0.376 e. The zero-order valence-corrected chi connectivity index (χ0v) is 22.8. The number of carbonyl (C=O) groups is 2. The van der Waals surface area contributed by atoms with E-state index in [0.29, 0.717) is 6.42 Å². The van der Waals surface area contributed by atoms with Gasteiger partial charge in [-0.1, -0.05) is 96.1 Å². The van der Waals surface area contributed by atoms with Crippen LogP contribution in [0.2, 0.25) is 0 Å². The van der Waals surface area contributed by atoms with Gasteiger partial charge in [-0.2, -0.15) is 0 Å². The molecule has 200 valence electrons. The van der Waals surface area contributed by atoms with Crippen LogP contribution in [0, 0.1) is 0 Å². The van der Waals surface area contributed by atoms with Crippen molar-refractivity contribution < 1.29 is 18.7 Å². The van der Waals surface area contributed by atoms with Crippen molar-refractivity contribution in [3.05, 3.63) is 36.3 Å². The lowest BCUT2D eigenvalue weighted by molar-refractivity contribution is -0.138. The van der Waals surface area contributed by atoms with Crippen molar-refractivity contribution in [1.29, 1.82) is 0 Å². The third-order valence-corrected chi connectivity index (χ3v) is 6.59. The lowest BCUT2D eigenvalue weighted by Gasteiger charge is -2.24. The van der Waals surface area contributed by atoms with Crippen molar-refractivity contribution in [2.24, 2.45) is 0 Å². The summed E-state index contributed by atoms with van der Waals surface area (Å²) in [5, 5.41) is 0. The van der Waals surface area contributed by atoms with E-state index in [2.05, 4.69) is 19.1 Å². The summed E-state index contributed by atoms with van der Waals surface area (Å²) in [5.74, 6) is -0.402. The predicted molar refractivity (Wildman–Crippen MR) is 144 cm³/mol. The monoisotopic (exact) mass is 489 g/mol. The molecule has 0 aromatic carbocycles. The molecule has 1 heterocycles. The third kappa shape index (κ3) is 16.3. The van der Waals surface area contributed by atoms with E-state index in [1.807, 2.05) is 0 Å². The van der Waals surface area contributed by atoms with E-state index >= 15 is 0 Å². The average molecular weight is 490 g/mol. The van der Waals surface area contributed by atoms with Crippen LogP contribution in [0.3, 0.4) is 0 Å². The molecule has 0 spiro atoms. The Bertz CT molecular complexity index is 668. The Labute approximate surface area is 214 Å². The Morgan fingerprint density at radius 2 is 1.37 bits per heavy atom. The number of rotatable bonds is 22. The Balaban J connectivity index is 1.88. The number of unbranched alkanes of at least 4 members (excludes halogenated alkanes) is 15. The van der Waals surface area contributed by atoms with Crippen molar-refractivity contribution in [2.75, 3.05) is 7.05 Å². The summed E-state index contributed by atoms with van der Waals surface area (Å²) < 4.78 is 10.3. The SMILES string of the molecule is CCCCCCCCC=CCCCCCCCCCCCC(=O)N(C)C(C)OC(=O)c1ccco1. The van der Waals surface area contributed by atoms with Crippen LogP contribution in [0.5, 0.6) is 0 Å². The number of ether oxygens (including phenoxy) is 1. The number of amides is 1. The molecule has 1 unspecified atom stereocenters. The molecule has 1 amide bonds. The van der Waals surface area contributed by atoms with Crippen molar-refractivity contribution in [3.8, 4) is 0 Å². The number of allylic oxidation sites excluding steroid dienone is 2. The fourth-order valence-electron chi connectivity index (χ4n) is 4.12. The van der Waals surface area contributed by atoms with E-state index in [-0.39, 0.29) is 11.7 Å². The second-order valence-electron chi connectivity index (χ2n) is 9.74. The Kier molecular flexibility index (Phi) is 18.8. The highest BCUT2D eigenvalue weighted by molar-refractivity contribution is 5.86. The van der Waals surface area contributed by atoms with E-state index < -0.39 is 12.2 Å². The van der Waals surface area contributed by atoms with Crippen LogP contribution in [-0.2, 0) is 9.53 Å². The second-order valence-corrected chi connectivity index (χ2v) is 9.74. The molecule has 0 fully saturated rings. The minimum absolute atomic E-state index is 0.00534. The van der Waals surface area contributed by atoms with Gasteiger partial charge in [-0.3, -0.25) is 4.79 Å². The average Bonchev–Trinajstić information content (AvgIpc) is 3.40. The van der Waals surface area contributed by atoms with E-state index in [1.165, 1.54) is 107 Å². The summed E-state index contributed by atoms with van der Waals surface area (Å²) in [5.41, 5.74) is 0. The van der Waals surface area contributed by atoms with Gasteiger partial charge in [0, 0.05) is 13.5 Å². The number of hydrogen-bond donors (Lipinski definition) is 0. The molecule has 0 aliphatic carbocycles. The molecular weight excluding hydrogens is 438 g/mol. The standard InChI is InChI=1S/C30H51NO4/c1-4-5-6-7-8-9-10-11-12-13-14-15-16-17-18-19-20-21-22-25-29(32)31(3)27(2)35-30(33)28-24-23-26-34-28/h11-12,23-24,26-27H,4-10,13-22,25H2,1-3H3. The maximum atomic E-state index is 12.3. The van der Waals surface area contributed by atoms with Crippen LogP contribution in [0.1, 0.15) is 140 Å². The molecule has 1 atom stereocenters. The molecular formula is C30H51NO4. The zero-order valence-electron chi connectivity index (χ0n) is 22.8. The first kappa shape index (κ1) is 31.0. The molecule has 0 bridgehead atoms. The normalized spacial score (nSPS) is 12.2. The van der Waals surface area contributed by atoms with Gasteiger partial charge in [0.2, 0.25) is 11.7 Å². The van der Waals surface area contributed by atoms with Gasteiger partial charge in [0.15, 0.2) is 6.23 Å². The summed E-state index contributed by atoms with van der Waals surface area (Å²) in [4.78, 5) is 25.8. The van der Waals surface area contributed by atoms with Crippen LogP contribution in [0.4, 0.5) is 0 Å². The molecule has 0 saturated carbocycles. The maximum absolute atomic E-state index is 12.3. The van der Waals surface area contributed by atoms with Crippen molar-refractivity contribution in [2.45, 2.75) is 136 Å². The highest BCUT2D eigenvalue weighted by atomic mass is 16.6. The fourth-order valence-corrected chi connectivity index (χ4v) is 4.12. The highest BCUT2D eigenvalue weighted by Crippen LogP contribution is 2.14. The fraction of sp³-hybridized carbons (Fsp3) is 0.733. The van der Waals surface area contributed by atoms with E-state index in [4.69, 9.17) is 9.15 Å². The lowest BCUT2D eigenvalue weighted by Crippen LogP contribution is -2.38. The second kappa shape index (κ2) is 21.3. The molecule has 1 aromatic heterocycles. The van der Waals surface area contributed by atoms with E-state index in [0.717, 1.165) is 12.8 Å². The summed E-state index contributed by atoms with van der Waals surface area (Å²) in [7, 11) is 1.67. The maximum Gasteiger partial charge on any atom is 0.376 e. The van der Waals surface area contributed by atoms with Crippen LogP contribution in [0.15, 0.2) is 35.0 Å². The minimum Gasteiger partial charge on any atom is -0.457 e. The van der Waals surface area contributed by atoms with E-state index in [1.54, 1.807) is 26.1 Å². The number of furan rings is 1. The van der Waals surface area contributed by atoms with Gasteiger partial charge >= 0.3 is 5.97 Å². The number of hydrogen-bond acceptors (Lipinski definition) is 4. The van der Waals surface area contributed by atoms with Crippen LogP contribution in [-0.4, -0.2) is 30.1 Å². The molecule has 35 heavy (non-hydrogen) atoms. The summed E-state index contributed by atoms with van der Waals surface area (Å²) in [6.07, 6.45) is 27.8. The Hall–Kier alpha value is -2.04. The van der Waals surface area contributed by atoms with Crippen LogP contribution < -0.4 is 0 Å². The summed E-state index contributed by atoms with van der Waals surface area (Å²) >= 11 is 0. The largest absolute Gasteiger partial charge is 0.457 e. The molecule has 0 aliphatic rings. The number of esters is 1. The zero-order chi connectivity index (χ0) is 25.6. The van der Waals surface area contributed by atoms with Gasteiger partial charge in [0.05, 0.1) is 6.26 Å². The number of nitrogens with zero attached hydrogens (tertiary/aromatic N) is 1. The molecule has 1 aromatic rings. The molecule has 0 radical (unpaired) electrons. The first-order valence-electron chi connectivity index (χ1n) is 14.2. The van der Waals surface area contributed by atoms with Crippen molar-refractivity contribution >= 4 is 11.9 Å². The van der Waals surface area contributed by atoms with Gasteiger partial charge < -0.3 is 14.1 Å². The van der Waals surface area contributed by atoms with Gasteiger partial charge in [-0.25, -0.2) is 4.79 Å². The summed E-state index contributed by atoms with van der Waals surface area (Å²) in [6, 6.07) is 3.18. The molecule has 5 heteroatoms. The van der Waals surface area contributed by atoms with Gasteiger partial charge in [-0.15, -0.1) is 0 Å². The highest BCUT2D eigenvalue weighted by Gasteiger charge is 2.21. The first-order valence-corrected chi connectivity index (χ1v) is 14.2. The Morgan fingerprint density at radius 1 is 0.857 bits per heavy atom. The van der Waals surface area contributed by atoms with Gasteiger partial charge in [0.25, 0.3) is 0 Å². The van der Waals surface area contributed by atoms with Crippen LogP contribution in [0.25, 0.3) is 0 Å². The summed E-state index contributed by atoms with van der Waals surface area (Å²) in [6.45, 7) is 3.97. The minimum atomic E-state index is -0.615. The molecule has 0 N–H and O–H groups in total. The molecule has 0 saturated heterocycles. The Morgan fingerprint density at radius 3 is 1.89 bits per heavy atom. The van der Waals surface area contributed by atoms with E-state index in [9.17, 15) is 9.59 Å². The molecule has 1 rings (SSSR count). The third-order valence-electron chi connectivity index (χ3n) is 6.59. The molecule has 5 nitrogen and oxygen atoms in total. The predicted octanol–water partition coefficient (Wildman–Crippen LogP) is 8.84. The first-order chi connectivity index (χ1) is 17.1. The topological polar surface area (TPSA) is 59.8 Å². The van der Waals surface area contributed by atoms with Crippen molar-refractivity contribution in [3.63, 3.8) is 0 Å². The lowest BCUT2D eigenvalue weighted by atomic mass is 10.1. The van der Waals surface area contributed by atoms with Crippen molar-refractivity contribution in [1.82, 2.24) is 4.90 Å². The quantitative estimate of drug-likeness (QED) is 0.0706. The van der Waals surface area contributed by atoms with Crippen LogP contribution >= 0.6 is 0 Å². The molecule has 0 aliphatic heterocycles. The number of carbonyl (C=O) groups excluding carboxylic acids is 2. The van der Waals surface area contributed by atoms with Gasteiger partial charge in [0.1, 0.15) is 0 Å². The van der Waals surface area contributed by atoms with Gasteiger partial charge in [-0.05, 0) is 51.2 Å².